The highest BCUT2D eigenvalue weighted by Gasteiger charge is 2.03. The maximum Gasteiger partial charge on any atom is 0.310 e. The molecular weight excluding hydrogens is 248 g/mol. The van der Waals surface area contributed by atoms with Gasteiger partial charge < -0.3 is 4.74 Å². The normalized spacial score (nSPS) is 10.9. The number of hydrogen-bond acceptors (Lipinski definition) is 2. The van der Waals surface area contributed by atoms with Crippen molar-refractivity contribution in [3.05, 3.63) is 41.5 Å². The van der Waals surface area contributed by atoms with Gasteiger partial charge in [-0.15, -0.1) is 0 Å². The van der Waals surface area contributed by atoms with Crippen LogP contribution in [0.3, 0.4) is 0 Å². The fourth-order valence-electron chi connectivity index (χ4n) is 2.09. The molecule has 0 saturated heterocycles. The second kappa shape index (κ2) is 10.2. The minimum Gasteiger partial charge on any atom is -0.466 e. The number of allylic oxidation sites excluding steroid dienone is 1. The number of rotatable bonds is 9. The number of benzene rings is 1. The lowest BCUT2D eigenvalue weighted by Crippen LogP contribution is -2.07. The van der Waals surface area contributed by atoms with Crippen molar-refractivity contribution in [1.29, 1.82) is 0 Å². The quantitative estimate of drug-likeness (QED) is 0.478. The monoisotopic (exact) mass is 274 g/mol. The molecule has 0 aliphatic carbocycles. The van der Waals surface area contributed by atoms with Crippen molar-refractivity contribution in [2.45, 2.75) is 52.4 Å². The summed E-state index contributed by atoms with van der Waals surface area (Å²) in [7, 11) is 0. The first-order chi connectivity index (χ1) is 9.76. The van der Waals surface area contributed by atoms with E-state index >= 15 is 0 Å². The van der Waals surface area contributed by atoms with Crippen LogP contribution in [0.4, 0.5) is 0 Å². The third-order valence-electron chi connectivity index (χ3n) is 3.14. The summed E-state index contributed by atoms with van der Waals surface area (Å²) in [6.45, 7) is 4.50. The van der Waals surface area contributed by atoms with E-state index in [1.54, 1.807) is 0 Å². The summed E-state index contributed by atoms with van der Waals surface area (Å²) < 4.78 is 4.96. The summed E-state index contributed by atoms with van der Waals surface area (Å²) in [6.07, 6.45) is 11.0. The molecule has 0 N–H and O–H groups in total. The minimum atomic E-state index is -0.159. The molecule has 0 atom stereocenters. The van der Waals surface area contributed by atoms with E-state index < -0.39 is 0 Å². The number of unbranched alkanes of at least 4 members (excludes halogenated alkanes) is 4. The molecule has 0 aliphatic rings. The molecule has 2 nitrogen and oxygen atoms in total. The highest BCUT2D eigenvalue weighted by molar-refractivity contribution is 5.72. The van der Waals surface area contributed by atoms with E-state index in [1.165, 1.54) is 25.7 Å². The molecular formula is C18H26O2. The SMILES string of the molecule is CCCCCCC=Cc1cccc(CC(=O)OCC)c1. The molecule has 0 amide bonds. The summed E-state index contributed by atoms with van der Waals surface area (Å²) in [4.78, 5) is 11.4. The third-order valence-corrected chi connectivity index (χ3v) is 3.14. The predicted octanol–water partition coefficient (Wildman–Crippen LogP) is 4.78. The van der Waals surface area contributed by atoms with E-state index in [0.29, 0.717) is 13.0 Å². The molecule has 0 saturated carbocycles. The molecule has 0 unspecified atom stereocenters. The van der Waals surface area contributed by atoms with Crippen LogP contribution >= 0.6 is 0 Å². The van der Waals surface area contributed by atoms with Gasteiger partial charge in [0, 0.05) is 0 Å². The van der Waals surface area contributed by atoms with Gasteiger partial charge in [0.05, 0.1) is 13.0 Å². The van der Waals surface area contributed by atoms with Crippen molar-refractivity contribution in [2.24, 2.45) is 0 Å². The molecule has 2 heteroatoms. The fraction of sp³-hybridized carbons (Fsp3) is 0.500. The molecule has 0 heterocycles. The summed E-state index contributed by atoms with van der Waals surface area (Å²) in [6, 6.07) is 8.08. The molecule has 0 radical (unpaired) electrons. The van der Waals surface area contributed by atoms with Gasteiger partial charge in [-0.25, -0.2) is 0 Å². The zero-order valence-electron chi connectivity index (χ0n) is 12.7. The fourth-order valence-corrected chi connectivity index (χ4v) is 2.09. The zero-order valence-corrected chi connectivity index (χ0v) is 12.7. The van der Waals surface area contributed by atoms with Crippen LogP contribution in [0.25, 0.3) is 6.08 Å². The summed E-state index contributed by atoms with van der Waals surface area (Å²) in [5.74, 6) is -0.159. The number of carbonyl (C=O) groups is 1. The minimum absolute atomic E-state index is 0.159. The van der Waals surface area contributed by atoms with E-state index in [1.807, 2.05) is 19.1 Å². The Morgan fingerprint density at radius 2 is 2.05 bits per heavy atom. The van der Waals surface area contributed by atoms with Crippen molar-refractivity contribution in [3.63, 3.8) is 0 Å². The van der Waals surface area contributed by atoms with Crippen molar-refractivity contribution >= 4 is 12.0 Å². The maximum atomic E-state index is 11.4. The van der Waals surface area contributed by atoms with Crippen LogP contribution in [0, 0.1) is 0 Å². The summed E-state index contributed by atoms with van der Waals surface area (Å²) >= 11 is 0. The second-order valence-corrected chi connectivity index (χ2v) is 4.98. The van der Waals surface area contributed by atoms with Crippen LogP contribution in [0.15, 0.2) is 30.3 Å². The number of ether oxygens (including phenoxy) is 1. The Labute approximate surface area is 122 Å². The number of esters is 1. The van der Waals surface area contributed by atoms with Gasteiger partial charge in [0.15, 0.2) is 0 Å². The van der Waals surface area contributed by atoms with E-state index in [0.717, 1.165) is 17.5 Å². The van der Waals surface area contributed by atoms with Gasteiger partial charge in [0.1, 0.15) is 0 Å². The van der Waals surface area contributed by atoms with Crippen LogP contribution in [0.5, 0.6) is 0 Å². The first kappa shape index (κ1) is 16.5. The Morgan fingerprint density at radius 1 is 1.20 bits per heavy atom. The second-order valence-electron chi connectivity index (χ2n) is 4.98. The van der Waals surface area contributed by atoms with E-state index in [4.69, 9.17) is 4.74 Å². The molecule has 1 rings (SSSR count). The van der Waals surface area contributed by atoms with Gasteiger partial charge in [0.2, 0.25) is 0 Å². The highest BCUT2D eigenvalue weighted by atomic mass is 16.5. The van der Waals surface area contributed by atoms with Gasteiger partial charge in [-0.3, -0.25) is 4.79 Å². The molecule has 1 aromatic carbocycles. The van der Waals surface area contributed by atoms with E-state index in [2.05, 4.69) is 31.2 Å². The molecule has 0 aliphatic heterocycles. The lowest BCUT2D eigenvalue weighted by Gasteiger charge is -2.03. The Kier molecular flexibility index (Phi) is 8.44. The molecule has 110 valence electrons. The Hall–Kier alpha value is -1.57. The van der Waals surface area contributed by atoms with Crippen molar-refractivity contribution in [1.82, 2.24) is 0 Å². The van der Waals surface area contributed by atoms with Crippen LogP contribution in [-0.2, 0) is 16.0 Å². The van der Waals surface area contributed by atoms with Crippen LogP contribution in [0.2, 0.25) is 0 Å². The average molecular weight is 274 g/mol. The van der Waals surface area contributed by atoms with Crippen molar-refractivity contribution < 1.29 is 9.53 Å². The van der Waals surface area contributed by atoms with Gasteiger partial charge in [0.25, 0.3) is 0 Å². The first-order valence-corrected chi connectivity index (χ1v) is 7.67. The van der Waals surface area contributed by atoms with Gasteiger partial charge in [-0.2, -0.15) is 0 Å². The molecule has 0 spiro atoms. The van der Waals surface area contributed by atoms with E-state index in [9.17, 15) is 4.79 Å². The standard InChI is InChI=1S/C18H26O2/c1-3-5-6-7-8-9-11-16-12-10-13-17(14-16)15-18(19)20-4-2/h9-14H,3-8,15H2,1-2H3. The van der Waals surface area contributed by atoms with Gasteiger partial charge >= 0.3 is 5.97 Å². The van der Waals surface area contributed by atoms with Crippen LogP contribution < -0.4 is 0 Å². The number of hydrogen-bond donors (Lipinski definition) is 0. The molecule has 0 aromatic heterocycles. The summed E-state index contributed by atoms with van der Waals surface area (Å²) in [5, 5.41) is 0. The van der Waals surface area contributed by atoms with Gasteiger partial charge in [-0.05, 0) is 30.9 Å². The lowest BCUT2D eigenvalue weighted by atomic mass is 10.1. The Bertz CT molecular complexity index is 421. The molecule has 0 bridgehead atoms. The van der Waals surface area contributed by atoms with Crippen LogP contribution in [0.1, 0.15) is 57.1 Å². The zero-order chi connectivity index (χ0) is 14.6. The number of carbonyl (C=O) groups excluding carboxylic acids is 1. The van der Waals surface area contributed by atoms with Crippen LogP contribution in [-0.4, -0.2) is 12.6 Å². The lowest BCUT2D eigenvalue weighted by molar-refractivity contribution is -0.142. The largest absolute Gasteiger partial charge is 0.466 e. The summed E-state index contributed by atoms with van der Waals surface area (Å²) in [5.41, 5.74) is 2.17. The van der Waals surface area contributed by atoms with E-state index in [-0.39, 0.29) is 5.97 Å². The Morgan fingerprint density at radius 3 is 2.80 bits per heavy atom. The predicted molar refractivity (Wildman–Crippen MR) is 84.6 cm³/mol. The van der Waals surface area contributed by atoms with Gasteiger partial charge in [-0.1, -0.05) is 62.6 Å². The maximum absolute atomic E-state index is 11.4. The molecule has 0 fully saturated rings. The molecule has 20 heavy (non-hydrogen) atoms. The topological polar surface area (TPSA) is 26.3 Å². The molecule has 1 aromatic rings. The smallest absolute Gasteiger partial charge is 0.310 e. The van der Waals surface area contributed by atoms with Crippen molar-refractivity contribution in [3.8, 4) is 0 Å². The highest BCUT2D eigenvalue weighted by Crippen LogP contribution is 2.10. The third kappa shape index (κ3) is 7.13. The van der Waals surface area contributed by atoms with Crippen molar-refractivity contribution in [2.75, 3.05) is 6.61 Å². The average Bonchev–Trinajstić information content (AvgIpc) is 2.43. The Balaban J connectivity index is 2.42. The first-order valence-electron chi connectivity index (χ1n) is 7.67.